The molecule has 1 N–H and O–H groups in total. The van der Waals surface area contributed by atoms with Gasteiger partial charge >= 0.3 is 0 Å². The average molecular weight is 546 g/mol. The first-order valence-corrected chi connectivity index (χ1v) is 14.6. The van der Waals surface area contributed by atoms with Crippen LogP contribution in [0.3, 0.4) is 0 Å². The first-order chi connectivity index (χ1) is 19.4. The highest BCUT2D eigenvalue weighted by molar-refractivity contribution is 6.08. The highest BCUT2D eigenvalue weighted by Gasteiger charge is 2.31. The van der Waals surface area contributed by atoms with Crippen LogP contribution < -0.4 is 5.32 Å². The molecule has 0 saturated heterocycles. The monoisotopic (exact) mass is 545 g/mol. The van der Waals surface area contributed by atoms with E-state index in [0.29, 0.717) is 0 Å². The Labute approximate surface area is 245 Å². The van der Waals surface area contributed by atoms with E-state index in [-0.39, 0.29) is 17.7 Å². The predicted octanol–water partition coefficient (Wildman–Crippen LogP) is 9.82. The fourth-order valence-electron chi connectivity index (χ4n) is 6.17. The van der Waals surface area contributed by atoms with Crippen molar-refractivity contribution in [1.29, 1.82) is 0 Å². The molecular formula is C37H43N3O. The molecule has 4 aromatic rings. The van der Waals surface area contributed by atoms with Crippen molar-refractivity contribution in [2.75, 3.05) is 5.32 Å². The van der Waals surface area contributed by atoms with E-state index in [1.165, 1.54) is 50.1 Å². The molecule has 1 unspecified atom stereocenters. The molecule has 4 heteroatoms. The van der Waals surface area contributed by atoms with Crippen LogP contribution in [0.5, 0.6) is 0 Å². The molecule has 3 heterocycles. The number of pyridine rings is 1. The van der Waals surface area contributed by atoms with Crippen molar-refractivity contribution in [3.8, 4) is 22.4 Å². The number of allylic oxidation sites excluding steroid dienone is 4. The second-order valence-electron chi connectivity index (χ2n) is 12.5. The zero-order valence-corrected chi connectivity index (χ0v) is 25.9. The molecule has 0 radical (unpaired) electrons. The zero-order valence-electron chi connectivity index (χ0n) is 25.9. The third-order valence-electron chi connectivity index (χ3n) is 7.90. The molecule has 4 nitrogen and oxygen atoms in total. The number of anilines is 1. The Morgan fingerprint density at radius 1 is 1.12 bits per heavy atom. The van der Waals surface area contributed by atoms with Crippen LogP contribution in [0, 0.1) is 13.8 Å². The fraction of sp³-hybridized carbons (Fsp3) is 0.324. The van der Waals surface area contributed by atoms with Crippen molar-refractivity contribution < 1.29 is 4.74 Å². The van der Waals surface area contributed by atoms with Crippen molar-refractivity contribution in [3.05, 3.63) is 102 Å². The molecule has 2 aromatic carbocycles. The number of hydrogen-bond donors (Lipinski definition) is 1. The van der Waals surface area contributed by atoms with Gasteiger partial charge in [-0.2, -0.15) is 0 Å². The van der Waals surface area contributed by atoms with Crippen LogP contribution in [0.1, 0.15) is 70.0 Å². The second-order valence-corrected chi connectivity index (χ2v) is 12.5. The number of nitrogens with zero attached hydrogens (tertiary/aromatic N) is 2. The van der Waals surface area contributed by atoms with E-state index >= 15 is 0 Å². The fourth-order valence-corrected chi connectivity index (χ4v) is 6.17. The van der Waals surface area contributed by atoms with E-state index < -0.39 is 0 Å². The lowest BCUT2D eigenvalue weighted by Gasteiger charge is -2.32. The molecule has 0 fully saturated rings. The van der Waals surface area contributed by atoms with Gasteiger partial charge in [-0.1, -0.05) is 55.1 Å². The van der Waals surface area contributed by atoms with Gasteiger partial charge in [-0.3, -0.25) is 4.98 Å². The molecule has 1 aliphatic rings. The topological polar surface area (TPSA) is 39.1 Å². The SMILES string of the molecule is C=CC(=C)/C=C(\C)c1cc(-c2cc3c(-c4ccc(C)cc4)c(C(C)OC(C)(C)C)c(C)c4c3n2C[C@H](C)N4)ccn1. The molecule has 0 bridgehead atoms. The largest absolute Gasteiger partial charge is 0.379 e. The van der Waals surface area contributed by atoms with Gasteiger partial charge in [-0.25, -0.2) is 0 Å². The first kappa shape index (κ1) is 28.6. The normalized spacial score (nSPS) is 16.0. The molecule has 2 atom stereocenters. The third-order valence-corrected chi connectivity index (χ3v) is 7.90. The number of hydrogen-bond acceptors (Lipinski definition) is 3. The minimum Gasteiger partial charge on any atom is -0.379 e. The lowest BCUT2D eigenvalue weighted by Crippen LogP contribution is -2.28. The van der Waals surface area contributed by atoms with Gasteiger partial charge < -0.3 is 14.6 Å². The molecule has 0 saturated carbocycles. The number of aromatic nitrogens is 2. The molecule has 41 heavy (non-hydrogen) atoms. The predicted molar refractivity (Wildman–Crippen MR) is 175 cm³/mol. The summed E-state index contributed by atoms with van der Waals surface area (Å²) in [6.07, 6.45) is 5.62. The van der Waals surface area contributed by atoms with Crippen LogP contribution in [-0.4, -0.2) is 21.2 Å². The molecular weight excluding hydrogens is 502 g/mol. The second kappa shape index (κ2) is 10.8. The van der Waals surface area contributed by atoms with Crippen LogP contribution in [0.25, 0.3) is 38.9 Å². The summed E-state index contributed by atoms with van der Waals surface area (Å²) in [5.74, 6) is 0. The smallest absolute Gasteiger partial charge is 0.0813 e. The minimum absolute atomic E-state index is 0.0870. The van der Waals surface area contributed by atoms with Gasteiger partial charge in [0, 0.05) is 35.4 Å². The van der Waals surface area contributed by atoms with Gasteiger partial charge in [0.25, 0.3) is 0 Å². The Bertz CT molecular complexity index is 1680. The zero-order chi connectivity index (χ0) is 29.6. The van der Waals surface area contributed by atoms with Gasteiger partial charge in [0.1, 0.15) is 0 Å². The van der Waals surface area contributed by atoms with Crippen molar-refractivity contribution in [1.82, 2.24) is 9.55 Å². The van der Waals surface area contributed by atoms with Crippen LogP contribution in [0.4, 0.5) is 5.69 Å². The van der Waals surface area contributed by atoms with E-state index in [4.69, 9.17) is 4.74 Å². The summed E-state index contributed by atoms with van der Waals surface area (Å²) in [6, 6.07) is 15.9. The highest BCUT2D eigenvalue weighted by atomic mass is 16.5. The summed E-state index contributed by atoms with van der Waals surface area (Å²) >= 11 is 0. The Morgan fingerprint density at radius 3 is 2.49 bits per heavy atom. The summed E-state index contributed by atoms with van der Waals surface area (Å²) in [4.78, 5) is 4.69. The molecule has 0 amide bonds. The van der Waals surface area contributed by atoms with Crippen molar-refractivity contribution in [2.45, 2.75) is 79.7 Å². The van der Waals surface area contributed by atoms with Crippen molar-refractivity contribution in [3.63, 3.8) is 0 Å². The average Bonchev–Trinajstić information content (AvgIpc) is 3.29. The number of benzene rings is 2. The van der Waals surface area contributed by atoms with E-state index in [1.54, 1.807) is 6.08 Å². The van der Waals surface area contributed by atoms with Gasteiger partial charge in [-0.15, -0.1) is 0 Å². The summed E-state index contributed by atoms with van der Waals surface area (Å²) in [5, 5.41) is 5.09. The summed E-state index contributed by atoms with van der Waals surface area (Å²) in [5.41, 5.74) is 13.6. The molecule has 0 spiro atoms. The molecule has 2 aromatic heterocycles. The standard InChI is InChI=1S/C37H43N3O/c1-11-22(2)18-24(4)31-19-29(16-17-38-31)32-20-30-34(28-14-12-23(3)13-15-28)33(27(7)41-37(8,9)10)26(6)35-36(30)40(32)21-25(5)39-35/h11-20,25,27,39H,1-2,21H2,3-10H3/b24-18+/t25-,27?/m0/s1. The van der Waals surface area contributed by atoms with Crippen molar-refractivity contribution >= 4 is 22.2 Å². The van der Waals surface area contributed by atoms with Crippen LogP contribution >= 0.6 is 0 Å². The van der Waals surface area contributed by atoms with Gasteiger partial charge in [0.05, 0.1) is 28.6 Å². The number of aryl methyl sites for hydroxylation is 1. The number of nitrogens with one attached hydrogen (secondary N) is 1. The number of rotatable bonds is 7. The summed E-state index contributed by atoms with van der Waals surface area (Å²) in [7, 11) is 0. The van der Waals surface area contributed by atoms with Gasteiger partial charge in [0.15, 0.2) is 0 Å². The van der Waals surface area contributed by atoms with E-state index in [1.807, 2.05) is 12.3 Å². The Morgan fingerprint density at radius 2 is 1.83 bits per heavy atom. The summed E-state index contributed by atoms with van der Waals surface area (Å²) < 4.78 is 9.12. The Hall–Kier alpha value is -3.89. The van der Waals surface area contributed by atoms with Crippen molar-refractivity contribution in [2.24, 2.45) is 0 Å². The van der Waals surface area contributed by atoms with Gasteiger partial charge in [-0.05, 0) is 107 Å². The first-order valence-electron chi connectivity index (χ1n) is 14.6. The highest BCUT2D eigenvalue weighted by Crippen LogP contribution is 2.48. The lowest BCUT2D eigenvalue weighted by molar-refractivity contribution is -0.0528. The Kier molecular flexibility index (Phi) is 7.56. The molecule has 0 aliphatic carbocycles. The van der Waals surface area contributed by atoms with Crippen LogP contribution in [0.2, 0.25) is 0 Å². The minimum atomic E-state index is -0.268. The third kappa shape index (κ3) is 5.54. The quantitative estimate of drug-likeness (QED) is 0.235. The lowest BCUT2D eigenvalue weighted by atomic mass is 9.87. The number of ether oxygens (including phenoxy) is 1. The van der Waals surface area contributed by atoms with E-state index in [0.717, 1.165) is 28.9 Å². The van der Waals surface area contributed by atoms with E-state index in [2.05, 4.69) is 126 Å². The maximum absolute atomic E-state index is 6.63. The maximum atomic E-state index is 6.63. The van der Waals surface area contributed by atoms with Gasteiger partial charge in [0.2, 0.25) is 0 Å². The molecule has 5 rings (SSSR count). The Balaban J connectivity index is 1.82. The van der Waals surface area contributed by atoms with E-state index in [9.17, 15) is 0 Å². The van der Waals surface area contributed by atoms with Crippen LogP contribution in [-0.2, 0) is 11.3 Å². The summed E-state index contributed by atoms with van der Waals surface area (Å²) in [6.45, 7) is 26.1. The molecule has 1 aliphatic heterocycles. The van der Waals surface area contributed by atoms with Crippen LogP contribution in [0.15, 0.2) is 79.5 Å². The maximum Gasteiger partial charge on any atom is 0.0813 e. The molecule has 212 valence electrons.